The van der Waals surface area contributed by atoms with Crippen LogP contribution in [0, 0.1) is 5.82 Å². The van der Waals surface area contributed by atoms with Crippen LogP contribution in [0.15, 0.2) is 18.2 Å². The monoisotopic (exact) mass is 209 g/mol. The van der Waals surface area contributed by atoms with Gasteiger partial charge in [-0.1, -0.05) is 11.6 Å². The van der Waals surface area contributed by atoms with Gasteiger partial charge in [-0.3, -0.25) is 0 Å². The van der Waals surface area contributed by atoms with Crippen molar-refractivity contribution in [3.8, 4) is 0 Å². The van der Waals surface area contributed by atoms with E-state index in [4.69, 9.17) is 17.3 Å². The Hall–Kier alpha value is -0.310. The molecule has 0 aliphatic heterocycles. The van der Waals surface area contributed by atoms with Gasteiger partial charge in [-0.05, 0) is 30.7 Å². The lowest BCUT2D eigenvalue weighted by Gasteiger charge is -2.06. The highest BCUT2D eigenvalue weighted by molar-refractivity contribution is 6.31. The molecule has 1 aromatic carbocycles. The van der Waals surface area contributed by atoms with Crippen molar-refractivity contribution < 1.29 is 4.39 Å². The smallest absolute Gasteiger partial charge is 0.123 e. The van der Waals surface area contributed by atoms with Crippen molar-refractivity contribution in [2.24, 2.45) is 5.73 Å². The largest absolute Gasteiger partial charge is 0.324 e. The molecule has 1 rings (SSSR count). The fraction of sp³-hybridized carbons (Fsp3) is 0.250. The number of hydrogen-bond donors (Lipinski definition) is 1. The van der Waals surface area contributed by atoms with E-state index in [9.17, 15) is 4.39 Å². The van der Waals surface area contributed by atoms with Crippen molar-refractivity contribution >= 4 is 24.0 Å². The van der Waals surface area contributed by atoms with E-state index in [-0.39, 0.29) is 24.3 Å². The first kappa shape index (κ1) is 11.7. The maximum atomic E-state index is 12.6. The lowest BCUT2D eigenvalue weighted by atomic mass is 10.1. The number of nitrogens with two attached hydrogens (primary N) is 1. The summed E-state index contributed by atoms with van der Waals surface area (Å²) in [4.78, 5) is 0. The molecule has 0 spiro atoms. The van der Waals surface area contributed by atoms with Crippen LogP contribution in [-0.2, 0) is 0 Å². The molecule has 0 amide bonds. The topological polar surface area (TPSA) is 26.0 Å². The minimum Gasteiger partial charge on any atom is -0.324 e. The molecule has 0 saturated heterocycles. The molecule has 12 heavy (non-hydrogen) atoms. The van der Waals surface area contributed by atoms with Crippen molar-refractivity contribution in [1.82, 2.24) is 0 Å². The third-order valence-corrected chi connectivity index (χ3v) is 1.79. The van der Waals surface area contributed by atoms with E-state index in [1.807, 2.05) is 0 Å². The van der Waals surface area contributed by atoms with E-state index < -0.39 is 0 Å². The molecular weight excluding hydrogens is 200 g/mol. The van der Waals surface area contributed by atoms with E-state index in [1.165, 1.54) is 18.2 Å². The second-order valence-corrected chi connectivity index (χ2v) is 2.86. The maximum Gasteiger partial charge on any atom is 0.123 e. The maximum absolute atomic E-state index is 12.6. The lowest BCUT2D eigenvalue weighted by molar-refractivity contribution is 0.622. The van der Waals surface area contributed by atoms with E-state index in [2.05, 4.69) is 0 Å². The highest BCUT2D eigenvalue weighted by Gasteiger charge is 2.05. The Labute approximate surface area is 82.1 Å². The van der Waals surface area contributed by atoms with Crippen molar-refractivity contribution in [2.75, 3.05) is 0 Å². The summed E-state index contributed by atoms with van der Waals surface area (Å²) in [5.41, 5.74) is 6.18. The van der Waals surface area contributed by atoms with Gasteiger partial charge in [0.15, 0.2) is 0 Å². The van der Waals surface area contributed by atoms with Gasteiger partial charge in [0, 0.05) is 11.1 Å². The quantitative estimate of drug-likeness (QED) is 0.757. The third kappa shape index (κ3) is 2.63. The van der Waals surface area contributed by atoms with Crippen LogP contribution in [0.2, 0.25) is 5.02 Å². The van der Waals surface area contributed by atoms with E-state index in [1.54, 1.807) is 6.92 Å². The summed E-state index contributed by atoms with van der Waals surface area (Å²) >= 11 is 5.74. The van der Waals surface area contributed by atoms with Gasteiger partial charge in [0.1, 0.15) is 5.82 Å². The Morgan fingerprint density at radius 2 is 2.08 bits per heavy atom. The van der Waals surface area contributed by atoms with E-state index >= 15 is 0 Å². The molecule has 68 valence electrons. The molecule has 0 fully saturated rings. The molecule has 1 nitrogen and oxygen atoms in total. The van der Waals surface area contributed by atoms with Gasteiger partial charge in [-0.2, -0.15) is 0 Å². The Morgan fingerprint density at radius 1 is 1.50 bits per heavy atom. The van der Waals surface area contributed by atoms with Gasteiger partial charge in [0.05, 0.1) is 0 Å². The summed E-state index contributed by atoms with van der Waals surface area (Å²) in [6.45, 7) is 1.76. The average molecular weight is 210 g/mol. The van der Waals surface area contributed by atoms with Gasteiger partial charge >= 0.3 is 0 Å². The van der Waals surface area contributed by atoms with Gasteiger partial charge in [0.2, 0.25) is 0 Å². The Kier molecular flexibility index (Phi) is 4.53. The average Bonchev–Trinajstić information content (AvgIpc) is 1.94. The zero-order valence-electron chi connectivity index (χ0n) is 6.55. The van der Waals surface area contributed by atoms with Gasteiger partial charge in [-0.25, -0.2) is 4.39 Å². The Morgan fingerprint density at radius 3 is 2.50 bits per heavy atom. The van der Waals surface area contributed by atoms with Crippen molar-refractivity contribution in [1.29, 1.82) is 0 Å². The highest BCUT2D eigenvalue weighted by Crippen LogP contribution is 2.21. The minimum atomic E-state index is -0.304. The minimum absolute atomic E-state index is 0. The molecule has 1 aromatic rings. The number of rotatable bonds is 1. The summed E-state index contributed by atoms with van der Waals surface area (Å²) in [6.07, 6.45) is 0. The predicted molar refractivity (Wildman–Crippen MR) is 51.3 cm³/mol. The van der Waals surface area contributed by atoms with E-state index in [0.717, 1.165) is 0 Å². The second-order valence-electron chi connectivity index (χ2n) is 2.45. The molecule has 1 atom stereocenters. The van der Waals surface area contributed by atoms with Crippen molar-refractivity contribution in [3.63, 3.8) is 0 Å². The highest BCUT2D eigenvalue weighted by atomic mass is 35.5. The number of hydrogen-bond acceptors (Lipinski definition) is 1. The summed E-state index contributed by atoms with van der Waals surface area (Å²) in [5, 5.41) is 0.515. The van der Waals surface area contributed by atoms with Gasteiger partial charge in [-0.15, -0.1) is 12.4 Å². The predicted octanol–water partition coefficient (Wildman–Crippen LogP) is 2.92. The van der Waals surface area contributed by atoms with E-state index in [0.29, 0.717) is 10.6 Å². The van der Waals surface area contributed by atoms with Crippen LogP contribution in [0.5, 0.6) is 0 Å². The van der Waals surface area contributed by atoms with Crippen molar-refractivity contribution in [2.45, 2.75) is 13.0 Å². The zero-order valence-corrected chi connectivity index (χ0v) is 8.12. The zero-order chi connectivity index (χ0) is 8.43. The lowest BCUT2D eigenvalue weighted by Crippen LogP contribution is -2.05. The number of benzene rings is 1. The first-order valence-electron chi connectivity index (χ1n) is 3.32. The molecule has 4 heteroatoms. The molecule has 0 heterocycles. The molecular formula is C8H10Cl2FN. The molecule has 2 N–H and O–H groups in total. The SMILES string of the molecule is C[C@H](N)c1cc(F)ccc1Cl.Cl. The first-order valence-corrected chi connectivity index (χ1v) is 3.69. The van der Waals surface area contributed by atoms with Crippen LogP contribution >= 0.6 is 24.0 Å². The number of halogens is 3. The fourth-order valence-electron chi connectivity index (χ4n) is 0.864. The second kappa shape index (κ2) is 4.65. The van der Waals surface area contributed by atoms with Crippen LogP contribution in [0.3, 0.4) is 0 Å². The van der Waals surface area contributed by atoms with Gasteiger partial charge < -0.3 is 5.73 Å². The molecule has 0 radical (unpaired) electrons. The molecule has 0 unspecified atom stereocenters. The standard InChI is InChI=1S/C8H9ClFN.ClH/c1-5(11)7-4-6(10)2-3-8(7)9;/h2-5H,11H2,1H3;1H/t5-;/m0./s1. The Balaban J connectivity index is 0.00000121. The van der Waals surface area contributed by atoms with Crippen LogP contribution in [-0.4, -0.2) is 0 Å². The third-order valence-electron chi connectivity index (χ3n) is 1.45. The van der Waals surface area contributed by atoms with Gasteiger partial charge in [0.25, 0.3) is 0 Å². The molecule has 0 aliphatic carbocycles. The molecule has 0 bridgehead atoms. The normalized spacial score (nSPS) is 12.0. The summed E-state index contributed by atoms with van der Waals surface area (Å²) < 4.78 is 12.6. The van der Waals surface area contributed by atoms with Crippen LogP contribution in [0.1, 0.15) is 18.5 Å². The molecule has 0 saturated carbocycles. The van der Waals surface area contributed by atoms with Crippen LogP contribution in [0.4, 0.5) is 4.39 Å². The first-order chi connectivity index (χ1) is 5.11. The molecule has 0 aromatic heterocycles. The van der Waals surface area contributed by atoms with Crippen LogP contribution in [0.25, 0.3) is 0 Å². The fourth-order valence-corrected chi connectivity index (χ4v) is 1.15. The van der Waals surface area contributed by atoms with Crippen molar-refractivity contribution in [3.05, 3.63) is 34.6 Å². The molecule has 0 aliphatic rings. The summed E-state index contributed by atoms with van der Waals surface area (Å²) in [7, 11) is 0. The Bertz CT molecular complexity index is 263. The van der Waals surface area contributed by atoms with Crippen LogP contribution < -0.4 is 5.73 Å². The summed E-state index contributed by atoms with van der Waals surface area (Å²) in [5.74, 6) is -0.304. The summed E-state index contributed by atoms with van der Waals surface area (Å²) in [6, 6.07) is 3.95.